The molecule has 0 saturated heterocycles. The van der Waals surface area contributed by atoms with Crippen molar-refractivity contribution in [3.05, 3.63) is 76.3 Å². The normalized spacial score (nSPS) is 11.1. The molecule has 3 rings (SSSR count). The van der Waals surface area contributed by atoms with Gasteiger partial charge in [-0.3, -0.25) is 14.1 Å². The third-order valence-electron chi connectivity index (χ3n) is 4.15. The first kappa shape index (κ1) is 23.2. The summed E-state index contributed by atoms with van der Waals surface area (Å²) in [6.45, 7) is 5.78. The van der Waals surface area contributed by atoms with E-state index in [1.807, 2.05) is 19.9 Å². The summed E-state index contributed by atoms with van der Waals surface area (Å²) >= 11 is 0. The van der Waals surface area contributed by atoms with Crippen molar-refractivity contribution >= 4 is 28.2 Å². The van der Waals surface area contributed by atoms with Crippen molar-refractivity contribution in [2.24, 2.45) is 7.05 Å². The van der Waals surface area contributed by atoms with Crippen molar-refractivity contribution in [3.63, 3.8) is 0 Å². The fourth-order valence-corrected chi connectivity index (χ4v) is 3.53. The largest absolute Gasteiger partial charge is 0.494 e. The number of rotatable bonds is 6. The number of hydrogen-bond donors (Lipinski definition) is 2. The highest BCUT2D eigenvalue weighted by atomic mass is 32.2. The highest BCUT2D eigenvalue weighted by Gasteiger charge is 2.19. The number of aryl methyl sites for hydroxylation is 1. The van der Waals surface area contributed by atoms with Gasteiger partial charge >= 0.3 is 0 Å². The standard InChI is InChI=1S/C20H20FN3O3S.C2H6/c1-13-9-10-16(15(21)11-13)22-20-19(17(27-3)12-18(25)24(20)2)23-28(26)14-7-5-4-6-8-14;1-2/h4-12,22-23H,1-3H3;1-2H3. The maximum absolute atomic E-state index is 14.3. The second-order valence-corrected chi connectivity index (χ2v) is 7.34. The lowest BCUT2D eigenvalue weighted by Crippen LogP contribution is -2.22. The molecule has 1 aromatic heterocycles. The highest BCUT2D eigenvalue weighted by Crippen LogP contribution is 2.34. The Morgan fingerprint density at radius 1 is 1.07 bits per heavy atom. The molecule has 0 aliphatic heterocycles. The average molecular weight is 432 g/mol. The maximum atomic E-state index is 14.3. The van der Waals surface area contributed by atoms with Gasteiger partial charge in [-0.25, -0.2) is 8.60 Å². The minimum Gasteiger partial charge on any atom is -0.494 e. The summed E-state index contributed by atoms with van der Waals surface area (Å²) in [6, 6.07) is 14.8. The van der Waals surface area contributed by atoms with Gasteiger partial charge in [0.05, 0.1) is 17.7 Å². The lowest BCUT2D eigenvalue weighted by Gasteiger charge is -2.19. The van der Waals surface area contributed by atoms with Gasteiger partial charge < -0.3 is 10.1 Å². The summed E-state index contributed by atoms with van der Waals surface area (Å²) in [5, 5.41) is 2.92. The fraction of sp³-hybridized carbons (Fsp3) is 0.227. The summed E-state index contributed by atoms with van der Waals surface area (Å²) in [7, 11) is 1.32. The predicted octanol–water partition coefficient (Wildman–Crippen LogP) is 4.75. The van der Waals surface area contributed by atoms with E-state index in [4.69, 9.17) is 4.74 Å². The molecule has 1 atom stereocenters. The van der Waals surface area contributed by atoms with Crippen LogP contribution in [-0.4, -0.2) is 15.9 Å². The second-order valence-electron chi connectivity index (χ2n) is 6.13. The van der Waals surface area contributed by atoms with Gasteiger partial charge in [0.15, 0.2) is 5.75 Å². The maximum Gasteiger partial charge on any atom is 0.255 e. The molecule has 0 saturated carbocycles. The van der Waals surface area contributed by atoms with Gasteiger partial charge in [0.25, 0.3) is 5.56 Å². The zero-order valence-electron chi connectivity index (χ0n) is 17.7. The molecule has 160 valence electrons. The lowest BCUT2D eigenvalue weighted by molar-refractivity contribution is 0.415. The Morgan fingerprint density at radius 3 is 2.33 bits per heavy atom. The average Bonchev–Trinajstić information content (AvgIpc) is 2.76. The third kappa shape index (κ3) is 5.27. The van der Waals surface area contributed by atoms with E-state index in [1.54, 1.807) is 43.3 Å². The number of anilines is 3. The van der Waals surface area contributed by atoms with Crippen LogP contribution in [0.4, 0.5) is 21.6 Å². The number of benzene rings is 2. The van der Waals surface area contributed by atoms with Gasteiger partial charge in [-0.2, -0.15) is 0 Å². The van der Waals surface area contributed by atoms with Crippen LogP contribution in [0.5, 0.6) is 5.75 Å². The van der Waals surface area contributed by atoms with E-state index in [0.717, 1.165) is 5.56 Å². The van der Waals surface area contributed by atoms with Crippen LogP contribution in [0.15, 0.2) is 64.3 Å². The van der Waals surface area contributed by atoms with E-state index >= 15 is 0 Å². The summed E-state index contributed by atoms with van der Waals surface area (Å²) < 4.78 is 36.6. The Hall–Kier alpha value is -3.13. The van der Waals surface area contributed by atoms with E-state index in [-0.39, 0.29) is 28.5 Å². The van der Waals surface area contributed by atoms with E-state index in [9.17, 15) is 13.4 Å². The van der Waals surface area contributed by atoms with Gasteiger partial charge in [-0.15, -0.1) is 0 Å². The molecule has 0 aliphatic rings. The topological polar surface area (TPSA) is 72.4 Å². The molecular formula is C22H26FN3O3S. The highest BCUT2D eigenvalue weighted by molar-refractivity contribution is 7.86. The molecular weight excluding hydrogens is 405 g/mol. The van der Waals surface area contributed by atoms with Crippen molar-refractivity contribution in [1.29, 1.82) is 0 Å². The van der Waals surface area contributed by atoms with Crippen LogP contribution in [0.25, 0.3) is 0 Å². The fourth-order valence-electron chi connectivity index (χ4n) is 2.63. The molecule has 0 spiro atoms. The Bertz CT molecular complexity index is 1080. The Kier molecular flexibility index (Phi) is 8.17. The number of nitrogens with zero attached hydrogens (tertiary/aromatic N) is 1. The zero-order chi connectivity index (χ0) is 22.3. The first-order valence-corrected chi connectivity index (χ1v) is 10.6. The molecule has 0 aliphatic carbocycles. The predicted molar refractivity (Wildman–Crippen MR) is 120 cm³/mol. The Labute approximate surface area is 178 Å². The molecule has 6 nitrogen and oxygen atoms in total. The summed E-state index contributed by atoms with van der Waals surface area (Å²) in [6.07, 6.45) is 0. The van der Waals surface area contributed by atoms with Crippen LogP contribution in [0.2, 0.25) is 0 Å². The first-order chi connectivity index (χ1) is 14.4. The monoisotopic (exact) mass is 431 g/mol. The smallest absolute Gasteiger partial charge is 0.255 e. The van der Waals surface area contributed by atoms with Crippen LogP contribution in [0, 0.1) is 12.7 Å². The van der Waals surface area contributed by atoms with Gasteiger partial charge in [0.1, 0.15) is 28.3 Å². The lowest BCUT2D eigenvalue weighted by atomic mass is 10.2. The quantitative estimate of drug-likeness (QED) is 0.591. The molecule has 0 radical (unpaired) electrons. The van der Waals surface area contributed by atoms with E-state index in [1.165, 1.54) is 30.9 Å². The molecule has 0 amide bonds. The molecule has 0 fully saturated rings. The minimum atomic E-state index is -1.62. The number of halogens is 1. The molecule has 8 heteroatoms. The van der Waals surface area contributed by atoms with E-state index in [2.05, 4.69) is 10.0 Å². The van der Waals surface area contributed by atoms with Crippen LogP contribution in [0.3, 0.4) is 0 Å². The second kappa shape index (κ2) is 10.6. The molecule has 1 heterocycles. The van der Waals surface area contributed by atoms with E-state index < -0.39 is 16.8 Å². The van der Waals surface area contributed by atoms with Crippen LogP contribution < -0.4 is 20.3 Å². The van der Waals surface area contributed by atoms with Crippen molar-refractivity contribution in [1.82, 2.24) is 4.57 Å². The van der Waals surface area contributed by atoms with Crippen LogP contribution in [-0.2, 0) is 18.0 Å². The molecule has 3 aromatic rings. The number of pyridine rings is 1. The van der Waals surface area contributed by atoms with Crippen molar-refractivity contribution in [2.45, 2.75) is 25.7 Å². The zero-order valence-corrected chi connectivity index (χ0v) is 18.5. The van der Waals surface area contributed by atoms with Gasteiger partial charge in [0.2, 0.25) is 0 Å². The molecule has 0 bridgehead atoms. The Morgan fingerprint density at radius 2 is 1.73 bits per heavy atom. The van der Waals surface area contributed by atoms with Crippen molar-refractivity contribution in [3.8, 4) is 5.75 Å². The van der Waals surface area contributed by atoms with Crippen molar-refractivity contribution < 1.29 is 13.3 Å². The van der Waals surface area contributed by atoms with Crippen molar-refractivity contribution in [2.75, 3.05) is 17.1 Å². The number of hydrogen-bond acceptors (Lipinski definition) is 4. The van der Waals surface area contributed by atoms with E-state index in [0.29, 0.717) is 4.90 Å². The third-order valence-corrected chi connectivity index (χ3v) is 5.24. The summed E-state index contributed by atoms with van der Waals surface area (Å²) in [5.74, 6) is -0.0378. The number of nitrogens with one attached hydrogen (secondary N) is 2. The first-order valence-electron chi connectivity index (χ1n) is 9.45. The van der Waals surface area contributed by atoms with Gasteiger partial charge in [-0.05, 0) is 36.8 Å². The van der Waals surface area contributed by atoms with Gasteiger partial charge in [0, 0.05) is 13.1 Å². The molecule has 2 N–H and O–H groups in total. The van der Waals surface area contributed by atoms with Gasteiger partial charge in [-0.1, -0.05) is 38.1 Å². The van der Waals surface area contributed by atoms with Crippen LogP contribution >= 0.6 is 0 Å². The molecule has 2 aromatic carbocycles. The number of methoxy groups -OCH3 is 1. The number of ether oxygens (including phenoxy) is 1. The minimum absolute atomic E-state index is 0.183. The summed E-state index contributed by atoms with van der Waals surface area (Å²) in [5.41, 5.74) is 0.878. The Balaban J connectivity index is 0.00000155. The number of aromatic nitrogens is 1. The summed E-state index contributed by atoms with van der Waals surface area (Å²) in [4.78, 5) is 12.8. The molecule has 30 heavy (non-hydrogen) atoms. The van der Waals surface area contributed by atoms with Crippen LogP contribution in [0.1, 0.15) is 19.4 Å². The molecule has 1 unspecified atom stereocenters. The SMILES string of the molecule is CC.COc1cc(=O)n(C)c(Nc2ccc(C)cc2F)c1NS(=O)c1ccccc1.